The second-order valence-electron chi connectivity index (χ2n) is 3.72. The Balaban J connectivity index is 2.28. The molecule has 100 valence electrons. The molecule has 1 atom stereocenters. The fraction of sp³-hybridized carbons (Fsp3) is 0.364. The molecular formula is C11H14Cl2N2O3. The van der Waals surface area contributed by atoms with E-state index in [0.29, 0.717) is 16.6 Å². The smallest absolute Gasteiger partial charge is 0.404 e. The largest absolute Gasteiger partial charge is 0.465 e. The van der Waals surface area contributed by atoms with Gasteiger partial charge in [0.25, 0.3) is 0 Å². The van der Waals surface area contributed by atoms with E-state index in [9.17, 15) is 9.90 Å². The summed E-state index contributed by atoms with van der Waals surface area (Å²) in [6.07, 6.45) is -1.93. The Morgan fingerprint density at radius 2 is 2.00 bits per heavy atom. The summed E-state index contributed by atoms with van der Waals surface area (Å²) in [5.74, 6) is 0. The minimum absolute atomic E-state index is 0.0102. The number of rotatable bonds is 6. The molecule has 7 heteroatoms. The van der Waals surface area contributed by atoms with Gasteiger partial charge in [0.05, 0.1) is 16.1 Å². The van der Waals surface area contributed by atoms with Gasteiger partial charge in [0.2, 0.25) is 0 Å². The number of aliphatic hydroxyl groups excluding tert-OH is 1. The fourth-order valence-corrected chi connectivity index (χ4v) is 1.63. The molecule has 0 heterocycles. The van der Waals surface area contributed by atoms with E-state index in [1.54, 1.807) is 12.1 Å². The molecule has 18 heavy (non-hydrogen) atoms. The second-order valence-corrected chi connectivity index (χ2v) is 4.53. The van der Waals surface area contributed by atoms with Crippen molar-refractivity contribution in [2.24, 2.45) is 0 Å². The third-order valence-corrected chi connectivity index (χ3v) is 2.92. The Hall–Kier alpha value is -1.01. The topological polar surface area (TPSA) is 81.6 Å². The Morgan fingerprint density at radius 1 is 1.28 bits per heavy atom. The van der Waals surface area contributed by atoms with Gasteiger partial charge in [-0.15, -0.1) is 0 Å². The van der Waals surface area contributed by atoms with E-state index in [0.717, 1.165) is 5.56 Å². The lowest BCUT2D eigenvalue weighted by atomic mass is 10.2. The minimum atomic E-state index is -1.15. The standard InChI is InChI=1S/C11H14Cl2N2O3/c12-9-2-1-7(3-10(9)13)4-14-5-8(16)6-15-11(17)18/h1-3,8,14-16H,4-6H2,(H,17,18). The highest BCUT2D eigenvalue weighted by Gasteiger charge is 2.05. The van der Waals surface area contributed by atoms with Crippen LogP contribution in [-0.4, -0.2) is 35.5 Å². The van der Waals surface area contributed by atoms with Crippen molar-refractivity contribution in [3.05, 3.63) is 33.8 Å². The van der Waals surface area contributed by atoms with E-state index in [-0.39, 0.29) is 13.1 Å². The molecule has 1 unspecified atom stereocenters. The van der Waals surface area contributed by atoms with Gasteiger partial charge >= 0.3 is 6.09 Å². The fourth-order valence-electron chi connectivity index (χ4n) is 1.31. The number of carbonyl (C=O) groups is 1. The molecule has 0 aliphatic carbocycles. The van der Waals surface area contributed by atoms with E-state index in [4.69, 9.17) is 28.3 Å². The zero-order chi connectivity index (χ0) is 13.5. The van der Waals surface area contributed by atoms with Crippen molar-refractivity contribution in [3.8, 4) is 0 Å². The zero-order valence-corrected chi connectivity index (χ0v) is 11.0. The third kappa shape index (κ3) is 5.55. The van der Waals surface area contributed by atoms with Crippen LogP contribution in [0.25, 0.3) is 0 Å². The number of nitrogens with one attached hydrogen (secondary N) is 2. The molecule has 1 rings (SSSR count). The van der Waals surface area contributed by atoms with Crippen molar-refractivity contribution in [1.82, 2.24) is 10.6 Å². The van der Waals surface area contributed by atoms with Gasteiger partial charge in [0, 0.05) is 19.6 Å². The first-order valence-electron chi connectivity index (χ1n) is 5.28. The Kier molecular flexibility index (Phi) is 6.21. The summed E-state index contributed by atoms with van der Waals surface area (Å²) < 4.78 is 0. The van der Waals surface area contributed by atoms with Crippen LogP contribution in [0.1, 0.15) is 5.56 Å². The molecule has 0 fully saturated rings. The number of carboxylic acid groups (broad SMARTS) is 1. The van der Waals surface area contributed by atoms with Crippen LogP contribution in [0.4, 0.5) is 4.79 Å². The summed E-state index contributed by atoms with van der Waals surface area (Å²) >= 11 is 11.6. The summed E-state index contributed by atoms with van der Waals surface area (Å²) in [4.78, 5) is 10.2. The highest BCUT2D eigenvalue weighted by molar-refractivity contribution is 6.42. The lowest BCUT2D eigenvalue weighted by Gasteiger charge is -2.11. The molecule has 0 spiro atoms. The van der Waals surface area contributed by atoms with E-state index in [2.05, 4.69) is 10.6 Å². The van der Waals surface area contributed by atoms with Crippen molar-refractivity contribution in [3.63, 3.8) is 0 Å². The molecule has 0 bridgehead atoms. The Labute approximate surface area is 115 Å². The van der Waals surface area contributed by atoms with Crippen LogP contribution in [0.15, 0.2) is 18.2 Å². The Bertz CT molecular complexity index is 415. The lowest BCUT2D eigenvalue weighted by molar-refractivity contribution is 0.155. The number of hydrogen-bond donors (Lipinski definition) is 4. The van der Waals surface area contributed by atoms with Crippen LogP contribution in [0.2, 0.25) is 10.0 Å². The van der Waals surface area contributed by atoms with E-state index in [1.807, 2.05) is 6.07 Å². The summed E-state index contributed by atoms with van der Waals surface area (Å²) in [7, 11) is 0. The number of amides is 1. The maximum Gasteiger partial charge on any atom is 0.404 e. The average molecular weight is 293 g/mol. The van der Waals surface area contributed by atoms with Gasteiger partial charge in [-0.2, -0.15) is 0 Å². The first-order chi connectivity index (χ1) is 8.49. The molecule has 0 aromatic heterocycles. The van der Waals surface area contributed by atoms with Crippen LogP contribution in [0, 0.1) is 0 Å². The zero-order valence-electron chi connectivity index (χ0n) is 9.49. The van der Waals surface area contributed by atoms with E-state index < -0.39 is 12.2 Å². The second kappa shape index (κ2) is 7.43. The summed E-state index contributed by atoms with van der Waals surface area (Å²) in [6, 6.07) is 5.26. The highest BCUT2D eigenvalue weighted by atomic mass is 35.5. The predicted molar refractivity (Wildman–Crippen MR) is 70.2 cm³/mol. The summed E-state index contributed by atoms with van der Waals surface area (Å²) in [5.41, 5.74) is 0.933. The summed E-state index contributed by atoms with van der Waals surface area (Å²) in [5, 5.41) is 23.8. The first-order valence-corrected chi connectivity index (χ1v) is 6.04. The molecule has 1 amide bonds. The maximum absolute atomic E-state index is 10.2. The molecule has 0 radical (unpaired) electrons. The molecule has 4 N–H and O–H groups in total. The molecule has 1 aromatic rings. The van der Waals surface area contributed by atoms with Crippen molar-refractivity contribution >= 4 is 29.3 Å². The van der Waals surface area contributed by atoms with E-state index in [1.165, 1.54) is 0 Å². The van der Waals surface area contributed by atoms with Gasteiger partial charge < -0.3 is 20.8 Å². The highest BCUT2D eigenvalue weighted by Crippen LogP contribution is 2.22. The van der Waals surface area contributed by atoms with Gasteiger partial charge in [-0.1, -0.05) is 29.3 Å². The average Bonchev–Trinajstić information content (AvgIpc) is 2.31. The Morgan fingerprint density at radius 3 is 2.61 bits per heavy atom. The number of hydrogen-bond acceptors (Lipinski definition) is 3. The van der Waals surface area contributed by atoms with Crippen molar-refractivity contribution in [2.75, 3.05) is 13.1 Å². The van der Waals surface area contributed by atoms with Crippen molar-refractivity contribution < 1.29 is 15.0 Å². The van der Waals surface area contributed by atoms with Crippen LogP contribution in [-0.2, 0) is 6.54 Å². The van der Waals surface area contributed by atoms with Crippen LogP contribution in [0.5, 0.6) is 0 Å². The monoisotopic (exact) mass is 292 g/mol. The maximum atomic E-state index is 10.2. The van der Waals surface area contributed by atoms with Gasteiger partial charge in [0.1, 0.15) is 0 Å². The van der Waals surface area contributed by atoms with Crippen molar-refractivity contribution in [1.29, 1.82) is 0 Å². The molecule has 5 nitrogen and oxygen atoms in total. The van der Waals surface area contributed by atoms with Gasteiger partial charge in [-0.3, -0.25) is 0 Å². The molecule has 0 aliphatic heterocycles. The molecule has 1 aromatic carbocycles. The van der Waals surface area contributed by atoms with E-state index >= 15 is 0 Å². The first kappa shape index (κ1) is 15.0. The van der Waals surface area contributed by atoms with Crippen LogP contribution < -0.4 is 10.6 Å². The normalized spacial score (nSPS) is 12.2. The van der Waals surface area contributed by atoms with Gasteiger partial charge in [0.15, 0.2) is 0 Å². The van der Waals surface area contributed by atoms with Crippen LogP contribution in [0.3, 0.4) is 0 Å². The quantitative estimate of drug-likeness (QED) is 0.643. The SMILES string of the molecule is O=C(O)NCC(O)CNCc1ccc(Cl)c(Cl)c1. The third-order valence-electron chi connectivity index (χ3n) is 2.18. The predicted octanol–water partition coefficient (Wildman–Crippen LogP) is 1.71. The molecule has 0 saturated carbocycles. The molecule has 0 aliphatic rings. The number of aliphatic hydroxyl groups is 1. The van der Waals surface area contributed by atoms with Crippen LogP contribution >= 0.6 is 23.2 Å². The number of benzene rings is 1. The minimum Gasteiger partial charge on any atom is -0.465 e. The van der Waals surface area contributed by atoms with Crippen molar-refractivity contribution in [2.45, 2.75) is 12.6 Å². The number of halogens is 2. The lowest BCUT2D eigenvalue weighted by Crippen LogP contribution is -2.37. The summed E-state index contributed by atoms with van der Waals surface area (Å²) in [6.45, 7) is 0.783. The molecular weight excluding hydrogens is 279 g/mol. The van der Waals surface area contributed by atoms with Gasteiger partial charge in [-0.05, 0) is 17.7 Å². The van der Waals surface area contributed by atoms with Gasteiger partial charge in [-0.25, -0.2) is 4.79 Å². The molecule has 0 saturated heterocycles.